The van der Waals surface area contributed by atoms with Crippen molar-refractivity contribution < 1.29 is 19.0 Å². The third kappa shape index (κ3) is 4.49. The van der Waals surface area contributed by atoms with Crippen molar-refractivity contribution in [2.24, 2.45) is 0 Å². The average molecular weight is 399 g/mol. The van der Waals surface area contributed by atoms with Crippen molar-refractivity contribution >= 4 is 29.0 Å². The van der Waals surface area contributed by atoms with Gasteiger partial charge in [0.1, 0.15) is 11.5 Å². The summed E-state index contributed by atoms with van der Waals surface area (Å²) in [4.78, 5) is 24.1. The molecule has 9 heteroatoms. The number of hydrogen-bond acceptors (Lipinski definition) is 7. The normalized spacial score (nSPS) is 10.5. The molecule has 0 saturated heterocycles. The first-order valence-corrected chi connectivity index (χ1v) is 9.24. The van der Waals surface area contributed by atoms with Gasteiger partial charge in [-0.3, -0.25) is 14.9 Å². The van der Waals surface area contributed by atoms with Crippen molar-refractivity contribution in [1.82, 2.24) is 5.16 Å². The Kier molecular flexibility index (Phi) is 5.95. The summed E-state index contributed by atoms with van der Waals surface area (Å²) in [7, 11) is 1.43. The van der Waals surface area contributed by atoms with Crippen LogP contribution in [0.5, 0.6) is 5.75 Å². The summed E-state index contributed by atoms with van der Waals surface area (Å²) in [6.07, 6.45) is 0. The molecule has 28 heavy (non-hydrogen) atoms. The lowest BCUT2D eigenvalue weighted by Gasteiger charge is -2.12. The second kappa shape index (κ2) is 8.57. The van der Waals surface area contributed by atoms with Gasteiger partial charge in [-0.05, 0) is 25.1 Å². The Labute approximate surface area is 165 Å². The molecular weight excluding hydrogens is 382 g/mol. The minimum Gasteiger partial charge on any atom is -0.495 e. The second-order valence-corrected chi connectivity index (χ2v) is 6.83. The van der Waals surface area contributed by atoms with Crippen LogP contribution in [0.25, 0.3) is 0 Å². The number of rotatable bonds is 7. The van der Waals surface area contributed by atoms with Gasteiger partial charge >= 0.3 is 0 Å². The van der Waals surface area contributed by atoms with Crippen LogP contribution < -0.4 is 10.1 Å². The Balaban J connectivity index is 1.81. The van der Waals surface area contributed by atoms with Gasteiger partial charge in [-0.15, -0.1) is 11.8 Å². The van der Waals surface area contributed by atoms with Crippen molar-refractivity contribution in [2.45, 2.75) is 17.6 Å². The van der Waals surface area contributed by atoms with E-state index in [0.717, 1.165) is 10.6 Å². The number of ether oxygens (including phenoxy) is 1. The van der Waals surface area contributed by atoms with E-state index in [2.05, 4.69) is 10.5 Å². The van der Waals surface area contributed by atoms with Crippen molar-refractivity contribution in [3.8, 4) is 5.75 Å². The minimum absolute atomic E-state index is 0.139. The first-order valence-electron chi connectivity index (χ1n) is 8.25. The Morgan fingerprint density at radius 2 is 2.07 bits per heavy atom. The van der Waals surface area contributed by atoms with Crippen LogP contribution in [-0.2, 0) is 5.75 Å². The molecule has 0 aliphatic rings. The third-order valence-electron chi connectivity index (χ3n) is 3.82. The third-order valence-corrected chi connectivity index (χ3v) is 4.92. The number of nitrogens with one attached hydrogen (secondary N) is 1. The van der Waals surface area contributed by atoms with E-state index in [1.165, 1.54) is 37.1 Å². The summed E-state index contributed by atoms with van der Waals surface area (Å²) >= 11 is 1.44. The molecule has 0 aliphatic heterocycles. The molecule has 1 amide bonds. The zero-order chi connectivity index (χ0) is 20.1. The number of aryl methyl sites for hydroxylation is 1. The van der Waals surface area contributed by atoms with Crippen molar-refractivity contribution in [2.75, 3.05) is 12.4 Å². The summed E-state index contributed by atoms with van der Waals surface area (Å²) in [5.41, 5.74) is 1.32. The molecule has 0 spiro atoms. The number of hydrogen-bond donors (Lipinski definition) is 1. The minimum atomic E-state index is -0.529. The van der Waals surface area contributed by atoms with Crippen LogP contribution in [0.15, 0.2) is 57.9 Å². The predicted octanol–water partition coefficient (Wildman–Crippen LogP) is 4.44. The highest BCUT2D eigenvalue weighted by Crippen LogP contribution is 2.31. The average Bonchev–Trinajstić information content (AvgIpc) is 3.11. The Morgan fingerprint density at radius 3 is 2.75 bits per heavy atom. The van der Waals surface area contributed by atoms with Gasteiger partial charge in [-0.25, -0.2) is 0 Å². The number of carbonyl (C=O) groups excluding carboxylic acids is 1. The molecule has 8 nitrogen and oxygen atoms in total. The lowest BCUT2D eigenvalue weighted by molar-refractivity contribution is -0.384. The summed E-state index contributed by atoms with van der Waals surface area (Å²) in [5.74, 6) is 1.17. The Bertz CT molecular complexity index is 1020. The largest absolute Gasteiger partial charge is 0.495 e. The van der Waals surface area contributed by atoms with E-state index in [4.69, 9.17) is 9.26 Å². The molecule has 0 fully saturated rings. The van der Waals surface area contributed by atoms with Crippen molar-refractivity contribution in [1.29, 1.82) is 0 Å². The van der Waals surface area contributed by atoms with Crippen LogP contribution in [-0.4, -0.2) is 23.1 Å². The number of nitrogens with zero attached hydrogens (tertiary/aromatic N) is 2. The van der Waals surface area contributed by atoms with Gasteiger partial charge in [0.2, 0.25) is 0 Å². The van der Waals surface area contributed by atoms with Gasteiger partial charge < -0.3 is 14.6 Å². The maximum Gasteiger partial charge on any atom is 0.271 e. The molecule has 0 radical (unpaired) electrons. The molecule has 0 bridgehead atoms. The van der Waals surface area contributed by atoms with Crippen LogP contribution in [0.4, 0.5) is 11.4 Å². The van der Waals surface area contributed by atoms with E-state index >= 15 is 0 Å². The van der Waals surface area contributed by atoms with E-state index in [-0.39, 0.29) is 11.4 Å². The maximum atomic E-state index is 12.8. The number of thioether (sulfide) groups is 1. The SMILES string of the molecule is COc1ccc([N+](=O)[O-])cc1NC(=O)c1ccccc1SCc1cc(C)no1. The van der Waals surface area contributed by atoms with Crippen LogP contribution in [0.1, 0.15) is 21.8 Å². The fourth-order valence-corrected chi connectivity index (χ4v) is 3.43. The van der Waals surface area contributed by atoms with E-state index < -0.39 is 10.8 Å². The van der Waals surface area contributed by atoms with Crippen LogP contribution in [0.3, 0.4) is 0 Å². The zero-order valence-electron chi connectivity index (χ0n) is 15.2. The molecule has 3 rings (SSSR count). The number of amides is 1. The standard InChI is InChI=1S/C19H17N3O5S/c1-12-9-14(27-21-12)11-28-18-6-4-3-5-15(18)19(23)20-16-10-13(22(24)25)7-8-17(16)26-2/h3-10H,11H2,1-2H3,(H,20,23). The zero-order valence-corrected chi connectivity index (χ0v) is 16.0. The number of nitro groups is 1. The van der Waals surface area contributed by atoms with Crippen LogP contribution in [0, 0.1) is 17.0 Å². The van der Waals surface area contributed by atoms with E-state index in [1.54, 1.807) is 12.1 Å². The van der Waals surface area contributed by atoms with Gasteiger partial charge in [-0.1, -0.05) is 17.3 Å². The lowest BCUT2D eigenvalue weighted by atomic mass is 10.2. The maximum absolute atomic E-state index is 12.8. The first-order chi connectivity index (χ1) is 13.5. The van der Waals surface area contributed by atoms with Crippen molar-refractivity contribution in [3.05, 3.63) is 75.7 Å². The van der Waals surface area contributed by atoms with Crippen LogP contribution >= 0.6 is 11.8 Å². The summed E-state index contributed by atoms with van der Waals surface area (Å²) < 4.78 is 10.4. The Hall–Kier alpha value is -3.33. The van der Waals surface area contributed by atoms with Gasteiger partial charge in [0.15, 0.2) is 0 Å². The molecule has 0 unspecified atom stereocenters. The number of aromatic nitrogens is 1. The number of anilines is 1. The Morgan fingerprint density at radius 1 is 1.29 bits per heavy atom. The lowest BCUT2D eigenvalue weighted by Crippen LogP contribution is -2.14. The van der Waals surface area contributed by atoms with Crippen molar-refractivity contribution in [3.63, 3.8) is 0 Å². The van der Waals surface area contributed by atoms with E-state index in [0.29, 0.717) is 22.8 Å². The number of nitro benzene ring substituents is 1. The molecule has 2 aromatic carbocycles. The molecule has 1 N–H and O–H groups in total. The molecule has 144 valence electrons. The van der Waals surface area contributed by atoms with E-state index in [1.807, 2.05) is 25.1 Å². The van der Waals surface area contributed by atoms with Gasteiger partial charge in [-0.2, -0.15) is 0 Å². The summed E-state index contributed by atoms with van der Waals surface area (Å²) in [6.45, 7) is 1.84. The second-order valence-electron chi connectivity index (χ2n) is 5.82. The summed E-state index contributed by atoms with van der Waals surface area (Å²) in [6, 6.07) is 13.0. The van der Waals surface area contributed by atoms with Gasteiger partial charge in [0, 0.05) is 23.1 Å². The molecule has 3 aromatic rings. The topological polar surface area (TPSA) is 108 Å². The molecular formula is C19H17N3O5S. The molecule has 0 aliphatic carbocycles. The molecule has 0 atom stereocenters. The number of carbonyl (C=O) groups is 1. The summed E-state index contributed by atoms with van der Waals surface area (Å²) in [5, 5.41) is 17.6. The van der Waals surface area contributed by atoms with Gasteiger partial charge in [0.25, 0.3) is 11.6 Å². The highest BCUT2D eigenvalue weighted by molar-refractivity contribution is 7.98. The fourth-order valence-electron chi connectivity index (χ4n) is 2.51. The predicted molar refractivity (Wildman–Crippen MR) is 105 cm³/mol. The number of methoxy groups -OCH3 is 1. The quantitative estimate of drug-likeness (QED) is 0.355. The number of benzene rings is 2. The van der Waals surface area contributed by atoms with Gasteiger partial charge in [0.05, 0.1) is 34.7 Å². The first kappa shape index (κ1) is 19.4. The van der Waals surface area contributed by atoms with E-state index in [9.17, 15) is 14.9 Å². The smallest absolute Gasteiger partial charge is 0.271 e. The van der Waals surface area contributed by atoms with Crippen LogP contribution in [0.2, 0.25) is 0 Å². The molecule has 1 aromatic heterocycles. The molecule has 1 heterocycles. The monoisotopic (exact) mass is 399 g/mol. The molecule has 0 saturated carbocycles. The fraction of sp³-hybridized carbons (Fsp3) is 0.158. The highest BCUT2D eigenvalue weighted by Gasteiger charge is 2.17. The highest BCUT2D eigenvalue weighted by atomic mass is 32.2. The number of non-ortho nitro benzene ring substituents is 1.